The Bertz CT molecular complexity index is 1260. The van der Waals surface area contributed by atoms with Crippen LogP contribution in [0.25, 0.3) is 11.3 Å². The number of carbonyl (C=O) groups is 1. The van der Waals surface area contributed by atoms with Crippen LogP contribution in [0.2, 0.25) is 5.02 Å². The minimum absolute atomic E-state index is 0.0132. The van der Waals surface area contributed by atoms with Gasteiger partial charge in [-0.1, -0.05) is 23.7 Å². The third-order valence-corrected chi connectivity index (χ3v) is 5.90. The highest BCUT2D eigenvalue weighted by molar-refractivity contribution is 7.15. The average molecular weight is 454 g/mol. The number of aromatic nitrogens is 1. The van der Waals surface area contributed by atoms with Gasteiger partial charge in [0, 0.05) is 40.2 Å². The van der Waals surface area contributed by atoms with Gasteiger partial charge in [-0.15, -0.1) is 11.3 Å². The van der Waals surface area contributed by atoms with Crippen molar-refractivity contribution in [2.75, 3.05) is 5.32 Å². The van der Waals surface area contributed by atoms with Gasteiger partial charge in [0.15, 0.2) is 10.9 Å². The van der Waals surface area contributed by atoms with Crippen molar-refractivity contribution in [3.8, 4) is 11.3 Å². The summed E-state index contributed by atoms with van der Waals surface area (Å²) in [6, 6.07) is 15.0. The number of amides is 1. The average Bonchev–Trinajstić information content (AvgIpc) is 3.41. The lowest BCUT2D eigenvalue weighted by atomic mass is 10.1. The Morgan fingerprint density at radius 3 is 2.68 bits per heavy atom. The zero-order valence-corrected chi connectivity index (χ0v) is 17.9. The van der Waals surface area contributed by atoms with E-state index in [0.29, 0.717) is 22.9 Å². The first-order valence-electron chi connectivity index (χ1n) is 9.25. The molecule has 0 unspecified atom stereocenters. The number of halogens is 1. The van der Waals surface area contributed by atoms with Crippen molar-refractivity contribution in [2.45, 2.75) is 13.3 Å². The monoisotopic (exact) mass is 453 g/mol. The Balaban J connectivity index is 1.42. The van der Waals surface area contributed by atoms with E-state index in [2.05, 4.69) is 10.3 Å². The molecule has 2 aromatic carbocycles. The Hall–Kier alpha value is -3.49. The number of anilines is 1. The van der Waals surface area contributed by atoms with Crippen molar-refractivity contribution >= 4 is 39.7 Å². The standard InChI is InChI=1S/C22H16ClN3O4S/c1-13-2-3-14(11-18(13)23)10-17-12-24-22(31-17)25-21(27)20-9-8-19(30-20)15-4-6-16(7-5-15)26(28)29/h2-9,11-12H,10H2,1H3,(H,24,25,27). The molecule has 2 heterocycles. The van der Waals surface area contributed by atoms with Crippen molar-refractivity contribution in [3.63, 3.8) is 0 Å². The zero-order chi connectivity index (χ0) is 22.0. The van der Waals surface area contributed by atoms with Gasteiger partial charge in [-0.3, -0.25) is 20.2 Å². The predicted molar refractivity (Wildman–Crippen MR) is 120 cm³/mol. The van der Waals surface area contributed by atoms with Crippen LogP contribution in [0.1, 0.15) is 26.6 Å². The first kappa shape index (κ1) is 20.8. The number of aryl methyl sites for hydroxylation is 1. The summed E-state index contributed by atoms with van der Waals surface area (Å²) in [5.74, 6) is 0.138. The largest absolute Gasteiger partial charge is 0.451 e. The summed E-state index contributed by atoms with van der Waals surface area (Å²) in [6.45, 7) is 1.95. The molecule has 0 spiro atoms. The molecule has 0 fully saturated rings. The van der Waals surface area contributed by atoms with E-state index in [4.69, 9.17) is 16.0 Å². The van der Waals surface area contributed by atoms with Crippen molar-refractivity contribution in [1.29, 1.82) is 0 Å². The van der Waals surface area contributed by atoms with Crippen molar-refractivity contribution < 1.29 is 14.1 Å². The second-order valence-electron chi connectivity index (χ2n) is 6.81. The second kappa shape index (κ2) is 8.71. The number of hydrogen-bond donors (Lipinski definition) is 1. The molecule has 7 nitrogen and oxygen atoms in total. The highest BCUT2D eigenvalue weighted by Crippen LogP contribution is 2.27. The fourth-order valence-electron chi connectivity index (χ4n) is 2.92. The number of nitrogens with zero attached hydrogens (tertiary/aromatic N) is 2. The van der Waals surface area contributed by atoms with E-state index < -0.39 is 10.8 Å². The normalized spacial score (nSPS) is 10.8. The van der Waals surface area contributed by atoms with E-state index in [-0.39, 0.29) is 11.4 Å². The Morgan fingerprint density at radius 2 is 1.97 bits per heavy atom. The number of nitro groups is 1. The number of thiazole rings is 1. The van der Waals surface area contributed by atoms with E-state index in [1.807, 2.05) is 25.1 Å². The summed E-state index contributed by atoms with van der Waals surface area (Å²) in [5.41, 5.74) is 2.71. The molecule has 0 aliphatic carbocycles. The molecule has 0 bridgehead atoms. The summed E-state index contributed by atoms with van der Waals surface area (Å²) < 4.78 is 5.61. The van der Waals surface area contributed by atoms with E-state index in [9.17, 15) is 14.9 Å². The van der Waals surface area contributed by atoms with E-state index in [1.165, 1.54) is 23.5 Å². The first-order chi connectivity index (χ1) is 14.9. The zero-order valence-electron chi connectivity index (χ0n) is 16.3. The lowest BCUT2D eigenvalue weighted by molar-refractivity contribution is -0.384. The van der Waals surface area contributed by atoms with Gasteiger partial charge in [0.1, 0.15) is 5.76 Å². The molecule has 0 aliphatic rings. The molecule has 1 N–H and O–H groups in total. The maximum Gasteiger partial charge on any atom is 0.293 e. The summed E-state index contributed by atoms with van der Waals surface area (Å²) in [6.07, 6.45) is 2.39. The number of furan rings is 1. The van der Waals surface area contributed by atoms with Gasteiger partial charge in [0.05, 0.1) is 4.92 Å². The third kappa shape index (κ3) is 4.82. The lowest BCUT2D eigenvalue weighted by Crippen LogP contribution is -2.10. The van der Waals surface area contributed by atoms with E-state index in [0.717, 1.165) is 21.0 Å². The van der Waals surface area contributed by atoms with Crippen molar-refractivity contribution in [2.24, 2.45) is 0 Å². The van der Waals surface area contributed by atoms with E-state index >= 15 is 0 Å². The Kier molecular flexibility index (Phi) is 5.83. The van der Waals surface area contributed by atoms with Crippen LogP contribution in [0.3, 0.4) is 0 Å². The van der Waals surface area contributed by atoms with Crippen LogP contribution in [-0.4, -0.2) is 15.8 Å². The summed E-state index contributed by atoms with van der Waals surface area (Å²) in [7, 11) is 0. The third-order valence-electron chi connectivity index (χ3n) is 4.58. The molecule has 0 saturated carbocycles. The molecule has 156 valence electrons. The molecule has 4 aromatic rings. The fraction of sp³-hybridized carbons (Fsp3) is 0.0909. The van der Waals surface area contributed by atoms with Crippen LogP contribution in [0.4, 0.5) is 10.8 Å². The molecule has 0 atom stereocenters. The van der Waals surface area contributed by atoms with Crippen LogP contribution >= 0.6 is 22.9 Å². The number of carbonyl (C=O) groups excluding carboxylic acids is 1. The molecular weight excluding hydrogens is 438 g/mol. The Labute approximate surface area is 186 Å². The van der Waals surface area contributed by atoms with Gasteiger partial charge in [0.2, 0.25) is 0 Å². The van der Waals surface area contributed by atoms with Gasteiger partial charge in [0.25, 0.3) is 11.6 Å². The lowest BCUT2D eigenvalue weighted by Gasteiger charge is -2.02. The van der Waals surface area contributed by atoms with Gasteiger partial charge in [-0.05, 0) is 48.4 Å². The number of nitro benzene ring substituents is 1. The summed E-state index contributed by atoms with van der Waals surface area (Å²) in [4.78, 5) is 28.0. The summed E-state index contributed by atoms with van der Waals surface area (Å²) >= 11 is 7.56. The van der Waals surface area contributed by atoms with Crippen LogP contribution in [0.15, 0.2) is 65.2 Å². The smallest absolute Gasteiger partial charge is 0.293 e. The quantitative estimate of drug-likeness (QED) is 0.280. The fourth-order valence-corrected chi connectivity index (χ4v) is 3.96. The molecule has 1 amide bonds. The number of hydrogen-bond acceptors (Lipinski definition) is 6. The number of nitrogens with one attached hydrogen (secondary N) is 1. The molecule has 9 heteroatoms. The predicted octanol–water partition coefficient (Wildman–Crippen LogP) is 6.12. The number of benzene rings is 2. The second-order valence-corrected chi connectivity index (χ2v) is 8.34. The molecular formula is C22H16ClN3O4S. The van der Waals surface area contributed by atoms with Crippen LogP contribution in [0.5, 0.6) is 0 Å². The SMILES string of the molecule is Cc1ccc(Cc2cnc(NC(=O)c3ccc(-c4ccc([N+](=O)[O-])cc4)o3)s2)cc1Cl. The maximum absolute atomic E-state index is 12.5. The minimum Gasteiger partial charge on any atom is -0.451 e. The number of rotatable bonds is 6. The van der Waals surface area contributed by atoms with Crippen molar-refractivity contribution in [3.05, 3.63) is 97.7 Å². The van der Waals surface area contributed by atoms with Gasteiger partial charge in [-0.25, -0.2) is 4.98 Å². The molecule has 31 heavy (non-hydrogen) atoms. The molecule has 2 aromatic heterocycles. The molecule has 0 radical (unpaired) electrons. The van der Waals surface area contributed by atoms with Crippen LogP contribution in [-0.2, 0) is 6.42 Å². The highest BCUT2D eigenvalue weighted by Gasteiger charge is 2.15. The van der Waals surface area contributed by atoms with Gasteiger partial charge >= 0.3 is 0 Å². The van der Waals surface area contributed by atoms with Crippen molar-refractivity contribution in [1.82, 2.24) is 4.98 Å². The Morgan fingerprint density at radius 1 is 1.19 bits per heavy atom. The van der Waals surface area contributed by atoms with Crippen LogP contribution < -0.4 is 5.32 Å². The highest BCUT2D eigenvalue weighted by atomic mass is 35.5. The maximum atomic E-state index is 12.5. The van der Waals surface area contributed by atoms with E-state index in [1.54, 1.807) is 30.5 Å². The molecule has 4 rings (SSSR count). The first-order valence-corrected chi connectivity index (χ1v) is 10.4. The minimum atomic E-state index is -0.472. The van der Waals surface area contributed by atoms with Gasteiger partial charge in [-0.2, -0.15) is 0 Å². The molecule has 0 saturated heterocycles. The number of non-ortho nitro benzene ring substituents is 1. The topological polar surface area (TPSA) is 98.3 Å². The summed E-state index contributed by atoms with van der Waals surface area (Å²) in [5, 5.41) is 14.7. The molecule has 0 aliphatic heterocycles. The van der Waals surface area contributed by atoms with Crippen LogP contribution in [0, 0.1) is 17.0 Å². The van der Waals surface area contributed by atoms with Gasteiger partial charge < -0.3 is 4.42 Å².